The molecule has 0 aromatic rings. The van der Waals surface area contributed by atoms with Gasteiger partial charge in [-0.05, 0) is 39.7 Å². The first-order chi connectivity index (χ1) is 11.4. The molecule has 0 saturated heterocycles. The number of carbonyl (C=O) groups excluding carboxylic acids is 4. The highest BCUT2D eigenvalue weighted by molar-refractivity contribution is 6.10. The van der Waals surface area contributed by atoms with Crippen molar-refractivity contribution >= 4 is 23.9 Å². The first-order valence-electron chi connectivity index (χ1n) is 7.61. The lowest BCUT2D eigenvalue weighted by molar-refractivity contribution is -0.157. The molecule has 0 aliphatic heterocycles. The van der Waals surface area contributed by atoms with Crippen LogP contribution in [0, 0.1) is 5.92 Å². The van der Waals surface area contributed by atoms with E-state index in [1.165, 1.54) is 19.9 Å². The Morgan fingerprint density at radius 1 is 0.760 bits per heavy atom. The zero-order valence-corrected chi connectivity index (χ0v) is 15.5. The molecule has 6 heteroatoms. The second-order valence-electron chi connectivity index (χ2n) is 6.12. The quantitative estimate of drug-likeness (QED) is 0.317. The van der Waals surface area contributed by atoms with E-state index in [9.17, 15) is 19.2 Å². The molecular weight excluding hydrogens is 324 g/mol. The van der Waals surface area contributed by atoms with Crippen molar-refractivity contribution in [3.8, 4) is 0 Å². The maximum Gasteiger partial charge on any atom is 0.346 e. The first-order valence-corrected chi connectivity index (χ1v) is 7.61. The molecule has 0 aromatic carbocycles. The van der Waals surface area contributed by atoms with Crippen LogP contribution in [0.5, 0.6) is 0 Å². The van der Waals surface area contributed by atoms with Gasteiger partial charge in [-0.1, -0.05) is 32.6 Å². The van der Waals surface area contributed by atoms with Gasteiger partial charge in [-0.15, -0.1) is 0 Å². The minimum absolute atomic E-state index is 0.0380. The summed E-state index contributed by atoms with van der Waals surface area (Å²) in [5.74, 6) is -4.28. The Morgan fingerprint density at radius 3 is 1.48 bits per heavy atom. The fourth-order valence-corrected chi connectivity index (χ4v) is 1.64. The average Bonchev–Trinajstić information content (AvgIpc) is 2.44. The van der Waals surface area contributed by atoms with Crippen molar-refractivity contribution in [3.05, 3.63) is 47.1 Å². The van der Waals surface area contributed by atoms with Crippen molar-refractivity contribution in [2.24, 2.45) is 5.92 Å². The number of hydrogen-bond donors (Lipinski definition) is 0. The van der Waals surface area contributed by atoms with Crippen molar-refractivity contribution in [2.75, 3.05) is 0 Å². The Balaban J connectivity index is 6.11. The van der Waals surface area contributed by atoms with Crippen molar-refractivity contribution in [1.82, 2.24) is 0 Å². The van der Waals surface area contributed by atoms with E-state index in [2.05, 4.69) is 13.2 Å². The van der Waals surface area contributed by atoms with E-state index in [0.717, 1.165) is 0 Å². The molecule has 6 nitrogen and oxygen atoms in total. The average molecular weight is 348 g/mol. The fraction of sp³-hybridized carbons (Fsp3) is 0.368. The van der Waals surface area contributed by atoms with E-state index in [1.807, 2.05) is 0 Å². The van der Waals surface area contributed by atoms with Crippen LogP contribution in [0.1, 0.15) is 41.5 Å². The standard InChI is InChI=1S/C19H24O6/c1-10(2)9-14(18(22)24-16(20)12(5)6)15(11(3)4)19(23)25-17(21)13(7)8/h9,11H,5,7H2,1-4,6,8H3/b15-14-. The minimum atomic E-state index is -1.02. The van der Waals surface area contributed by atoms with E-state index in [0.29, 0.717) is 5.57 Å². The van der Waals surface area contributed by atoms with Gasteiger partial charge in [0.1, 0.15) is 0 Å². The highest BCUT2D eigenvalue weighted by Gasteiger charge is 2.27. The number of rotatable bonds is 6. The number of esters is 4. The summed E-state index contributed by atoms with van der Waals surface area (Å²) in [5, 5.41) is 0. The van der Waals surface area contributed by atoms with Gasteiger partial charge in [0.25, 0.3) is 0 Å². The maximum atomic E-state index is 12.4. The molecular formula is C19H24O6. The molecule has 0 amide bonds. The summed E-state index contributed by atoms with van der Waals surface area (Å²) in [5.41, 5.74) is 0.544. The summed E-state index contributed by atoms with van der Waals surface area (Å²) in [7, 11) is 0. The summed E-state index contributed by atoms with van der Waals surface area (Å²) in [6.45, 7) is 16.3. The predicted molar refractivity (Wildman–Crippen MR) is 93.1 cm³/mol. The monoisotopic (exact) mass is 348 g/mol. The molecule has 0 heterocycles. The highest BCUT2D eigenvalue weighted by Crippen LogP contribution is 2.21. The molecule has 0 radical (unpaired) electrons. The highest BCUT2D eigenvalue weighted by atomic mass is 16.6. The van der Waals surface area contributed by atoms with Crippen LogP contribution in [0.15, 0.2) is 47.1 Å². The van der Waals surface area contributed by atoms with Gasteiger partial charge in [0, 0.05) is 11.1 Å². The molecule has 0 aromatic heterocycles. The zero-order chi connectivity index (χ0) is 19.9. The molecule has 0 N–H and O–H groups in total. The molecule has 136 valence electrons. The Bertz CT molecular complexity index is 685. The summed E-state index contributed by atoms with van der Waals surface area (Å²) in [6.07, 6.45) is 1.40. The SMILES string of the molecule is C=C(C)C(=O)OC(=O)/C(C=C(C)C)=C(\C(=O)OC(=O)C(=C)C)C(C)C. The molecule has 0 aliphatic rings. The molecule has 0 fully saturated rings. The molecule has 0 spiro atoms. The fourth-order valence-electron chi connectivity index (χ4n) is 1.64. The normalized spacial score (nSPS) is 11.2. The number of hydrogen-bond acceptors (Lipinski definition) is 6. The lowest BCUT2D eigenvalue weighted by Gasteiger charge is -2.14. The zero-order valence-electron chi connectivity index (χ0n) is 15.5. The van der Waals surface area contributed by atoms with E-state index >= 15 is 0 Å². The third-order valence-electron chi connectivity index (χ3n) is 2.81. The van der Waals surface area contributed by atoms with Crippen LogP contribution >= 0.6 is 0 Å². The van der Waals surface area contributed by atoms with Crippen LogP contribution in [0.4, 0.5) is 0 Å². The lowest BCUT2D eigenvalue weighted by Crippen LogP contribution is -2.23. The smallest absolute Gasteiger partial charge is 0.346 e. The second-order valence-corrected chi connectivity index (χ2v) is 6.12. The van der Waals surface area contributed by atoms with Gasteiger partial charge in [0.15, 0.2) is 0 Å². The Morgan fingerprint density at radius 2 is 1.16 bits per heavy atom. The molecule has 0 rings (SSSR count). The molecule has 0 bridgehead atoms. The Hall–Kier alpha value is -2.76. The van der Waals surface area contributed by atoms with Crippen molar-refractivity contribution in [1.29, 1.82) is 0 Å². The van der Waals surface area contributed by atoms with Crippen LogP contribution in [-0.2, 0) is 28.7 Å². The number of carbonyl (C=O) groups is 4. The summed E-state index contributed by atoms with van der Waals surface area (Å²) in [4.78, 5) is 47.9. The van der Waals surface area contributed by atoms with Gasteiger partial charge in [0.05, 0.1) is 11.1 Å². The molecule has 0 atom stereocenters. The third kappa shape index (κ3) is 7.12. The maximum absolute atomic E-state index is 12.4. The van der Waals surface area contributed by atoms with E-state index in [-0.39, 0.29) is 22.3 Å². The van der Waals surface area contributed by atoms with Crippen LogP contribution < -0.4 is 0 Å². The van der Waals surface area contributed by atoms with Crippen LogP contribution in [0.2, 0.25) is 0 Å². The summed E-state index contributed by atoms with van der Waals surface area (Å²) in [6, 6.07) is 0. The van der Waals surface area contributed by atoms with Crippen LogP contribution in [0.3, 0.4) is 0 Å². The van der Waals surface area contributed by atoms with Crippen molar-refractivity contribution in [2.45, 2.75) is 41.5 Å². The van der Waals surface area contributed by atoms with Gasteiger partial charge in [-0.25, -0.2) is 19.2 Å². The van der Waals surface area contributed by atoms with Crippen molar-refractivity contribution < 1.29 is 28.7 Å². The molecule has 0 saturated carbocycles. The van der Waals surface area contributed by atoms with E-state index in [1.54, 1.807) is 27.7 Å². The van der Waals surface area contributed by atoms with Gasteiger partial charge in [-0.2, -0.15) is 0 Å². The number of allylic oxidation sites excluding steroid dienone is 1. The summed E-state index contributed by atoms with van der Waals surface area (Å²) < 4.78 is 9.44. The molecule has 25 heavy (non-hydrogen) atoms. The van der Waals surface area contributed by atoms with Gasteiger partial charge in [0.2, 0.25) is 0 Å². The first kappa shape index (κ1) is 22.2. The van der Waals surface area contributed by atoms with Crippen LogP contribution in [0.25, 0.3) is 0 Å². The van der Waals surface area contributed by atoms with Gasteiger partial charge in [-0.3, -0.25) is 0 Å². The lowest BCUT2D eigenvalue weighted by atomic mass is 9.96. The summed E-state index contributed by atoms with van der Waals surface area (Å²) >= 11 is 0. The molecule has 0 unspecified atom stereocenters. The van der Waals surface area contributed by atoms with E-state index in [4.69, 9.17) is 9.47 Å². The topological polar surface area (TPSA) is 86.7 Å². The largest absolute Gasteiger partial charge is 0.386 e. The second kappa shape index (κ2) is 9.52. The van der Waals surface area contributed by atoms with Gasteiger partial charge >= 0.3 is 23.9 Å². The van der Waals surface area contributed by atoms with Crippen LogP contribution in [-0.4, -0.2) is 23.9 Å². The van der Waals surface area contributed by atoms with Crippen molar-refractivity contribution in [3.63, 3.8) is 0 Å². The number of ether oxygens (including phenoxy) is 2. The van der Waals surface area contributed by atoms with E-state index < -0.39 is 29.8 Å². The Kier molecular flexibility index (Phi) is 8.46. The minimum Gasteiger partial charge on any atom is -0.386 e. The predicted octanol–water partition coefficient (Wildman–Crippen LogP) is 3.20. The Labute approximate surface area is 147 Å². The third-order valence-corrected chi connectivity index (χ3v) is 2.81. The molecule has 0 aliphatic carbocycles. The van der Waals surface area contributed by atoms with Gasteiger partial charge < -0.3 is 9.47 Å².